The number of nitrogens with one attached hydrogen (secondary N) is 1. The SMILES string of the molecule is CCNC(Cn1nc(C)cc1C)c1ccc(C)c(C)c1. The zero-order valence-electron chi connectivity index (χ0n) is 13.2. The first kappa shape index (κ1) is 14.8. The summed E-state index contributed by atoms with van der Waals surface area (Å²) in [6.45, 7) is 12.5. The fourth-order valence-electron chi connectivity index (χ4n) is 2.55. The van der Waals surface area contributed by atoms with Gasteiger partial charge in [-0.15, -0.1) is 0 Å². The van der Waals surface area contributed by atoms with Crippen molar-refractivity contribution in [3.05, 3.63) is 52.3 Å². The van der Waals surface area contributed by atoms with Gasteiger partial charge in [0.25, 0.3) is 0 Å². The lowest BCUT2D eigenvalue weighted by Gasteiger charge is -2.20. The molecule has 0 radical (unpaired) electrons. The minimum atomic E-state index is 0.303. The molecule has 1 aromatic carbocycles. The Balaban J connectivity index is 2.26. The van der Waals surface area contributed by atoms with Gasteiger partial charge in [0.05, 0.1) is 18.3 Å². The third kappa shape index (κ3) is 3.28. The summed E-state index contributed by atoms with van der Waals surface area (Å²) in [5.41, 5.74) is 6.32. The number of rotatable bonds is 5. The average Bonchev–Trinajstić information content (AvgIpc) is 2.71. The second kappa shape index (κ2) is 6.23. The molecule has 1 atom stereocenters. The predicted octanol–water partition coefficient (Wildman–Crippen LogP) is 3.47. The summed E-state index contributed by atoms with van der Waals surface area (Å²) in [5, 5.41) is 8.14. The molecule has 0 amide bonds. The van der Waals surface area contributed by atoms with Crippen molar-refractivity contribution in [2.45, 2.75) is 47.2 Å². The smallest absolute Gasteiger partial charge is 0.0607 e. The van der Waals surface area contributed by atoms with E-state index in [9.17, 15) is 0 Å². The maximum Gasteiger partial charge on any atom is 0.0607 e. The Labute approximate surface area is 122 Å². The van der Waals surface area contributed by atoms with Gasteiger partial charge in [0.2, 0.25) is 0 Å². The second-order valence-electron chi connectivity index (χ2n) is 5.56. The van der Waals surface area contributed by atoms with Gasteiger partial charge in [-0.3, -0.25) is 4.68 Å². The number of likely N-dealkylation sites (N-methyl/N-ethyl adjacent to an activating group) is 1. The molecule has 0 aliphatic carbocycles. The van der Waals surface area contributed by atoms with E-state index in [4.69, 9.17) is 0 Å². The van der Waals surface area contributed by atoms with Gasteiger partial charge >= 0.3 is 0 Å². The molecule has 1 N–H and O–H groups in total. The molecule has 1 heterocycles. The predicted molar refractivity (Wildman–Crippen MR) is 84.0 cm³/mol. The Morgan fingerprint density at radius 3 is 2.40 bits per heavy atom. The number of hydrogen-bond acceptors (Lipinski definition) is 2. The topological polar surface area (TPSA) is 29.9 Å². The molecule has 0 bridgehead atoms. The molecule has 0 aliphatic heterocycles. The van der Waals surface area contributed by atoms with Crippen LogP contribution in [0.15, 0.2) is 24.3 Å². The van der Waals surface area contributed by atoms with E-state index < -0.39 is 0 Å². The van der Waals surface area contributed by atoms with E-state index in [1.165, 1.54) is 22.4 Å². The molecule has 20 heavy (non-hydrogen) atoms. The second-order valence-corrected chi connectivity index (χ2v) is 5.56. The van der Waals surface area contributed by atoms with Crippen LogP contribution in [0.4, 0.5) is 0 Å². The highest BCUT2D eigenvalue weighted by Gasteiger charge is 2.13. The van der Waals surface area contributed by atoms with E-state index in [1.54, 1.807) is 0 Å². The van der Waals surface area contributed by atoms with E-state index in [1.807, 2.05) is 6.92 Å². The van der Waals surface area contributed by atoms with Crippen molar-refractivity contribution in [1.29, 1.82) is 0 Å². The maximum absolute atomic E-state index is 4.57. The molecule has 0 saturated carbocycles. The van der Waals surface area contributed by atoms with Gasteiger partial charge in [0.1, 0.15) is 0 Å². The average molecular weight is 271 g/mol. The first-order valence-corrected chi connectivity index (χ1v) is 7.33. The summed E-state index contributed by atoms with van der Waals surface area (Å²) < 4.78 is 2.10. The van der Waals surface area contributed by atoms with Gasteiger partial charge < -0.3 is 5.32 Å². The minimum Gasteiger partial charge on any atom is -0.309 e. The van der Waals surface area contributed by atoms with Crippen molar-refractivity contribution < 1.29 is 0 Å². The fraction of sp³-hybridized carbons (Fsp3) is 0.471. The third-order valence-electron chi connectivity index (χ3n) is 3.84. The molecule has 1 unspecified atom stereocenters. The van der Waals surface area contributed by atoms with Gasteiger partial charge in [-0.05, 0) is 57.0 Å². The summed E-state index contributed by atoms with van der Waals surface area (Å²) >= 11 is 0. The molecule has 0 aliphatic rings. The van der Waals surface area contributed by atoms with Crippen LogP contribution < -0.4 is 5.32 Å². The molecule has 2 rings (SSSR count). The van der Waals surface area contributed by atoms with Crippen LogP contribution >= 0.6 is 0 Å². The largest absolute Gasteiger partial charge is 0.309 e. The van der Waals surface area contributed by atoms with Crippen molar-refractivity contribution in [3.8, 4) is 0 Å². The maximum atomic E-state index is 4.57. The molecule has 0 saturated heterocycles. The number of aryl methyl sites for hydroxylation is 4. The summed E-state index contributed by atoms with van der Waals surface area (Å²) in [5.74, 6) is 0. The van der Waals surface area contributed by atoms with E-state index in [0.29, 0.717) is 6.04 Å². The van der Waals surface area contributed by atoms with Gasteiger partial charge in [-0.1, -0.05) is 25.1 Å². The Hall–Kier alpha value is -1.61. The molecule has 3 heteroatoms. The van der Waals surface area contributed by atoms with Gasteiger partial charge in [-0.2, -0.15) is 5.10 Å². The molecule has 108 valence electrons. The highest BCUT2D eigenvalue weighted by atomic mass is 15.3. The molecule has 3 nitrogen and oxygen atoms in total. The fourth-order valence-corrected chi connectivity index (χ4v) is 2.55. The first-order chi connectivity index (χ1) is 9.51. The molecular weight excluding hydrogens is 246 g/mol. The van der Waals surface area contributed by atoms with E-state index >= 15 is 0 Å². The summed E-state index contributed by atoms with van der Waals surface area (Å²) in [6, 6.07) is 9.15. The molecule has 0 spiro atoms. The first-order valence-electron chi connectivity index (χ1n) is 7.33. The van der Waals surface area contributed by atoms with E-state index in [2.05, 4.69) is 67.1 Å². The normalized spacial score (nSPS) is 12.7. The van der Waals surface area contributed by atoms with Crippen molar-refractivity contribution in [3.63, 3.8) is 0 Å². The standard InChI is InChI=1S/C17H25N3/c1-6-18-17(11-20-15(5)10-14(4)19-20)16-8-7-12(2)13(3)9-16/h7-10,17-18H,6,11H2,1-5H3. The lowest BCUT2D eigenvalue weighted by Crippen LogP contribution is -2.26. The number of benzene rings is 1. The zero-order valence-corrected chi connectivity index (χ0v) is 13.2. The van der Waals surface area contributed by atoms with Crippen LogP contribution in [0.3, 0.4) is 0 Å². The molecule has 2 aromatic rings. The van der Waals surface area contributed by atoms with Crippen LogP contribution in [0, 0.1) is 27.7 Å². The lowest BCUT2D eigenvalue weighted by atomic mass is 10.0. The van der Waals surface area contributed by atoms with Gasteiger partial charge in [-0.25, -0.2) is 0 Å². The monoisotopic (exact) mass is 271 g/mol. The number of hydrogen-bond donors (Lipinski definition) is 1. The lowest BCUT2D eigenvalue weighted by molar-refractivity contribution is 0.441. The molecule has 0 fully saturated rings. The van der Waals surface area contributed by atoms with Crippen molar-refractivity contribution in [2.75, 3.05) is 6.54 Å². The highest BCUT2D eigenvalue weighted by Crippen LogP contribution is 2.19. The Kier molecular flexibility index (Phi) is 4.61. The highest BCUT2D eigenvalue weighted by molar-refractivity contribution is 5.31. The third-order valence-corrected chi connectivity index (χ3v) is 3.84. The van der Waals surface area contributed by atoms with Gasteiger partial charge in [0.15, 0.2) is 0 Å². The number of nitrogens with zero attached hydrogens (tertiary/aromatic N) is 2. The summed E-state index contributed by atoms with van der Waals surface area (Å²) in [4.78, 5) is 0. The summed E-state index contributed by atoms with van der Waals surface area (Å²) in [7, 11) is 0. The van der Waals surface area contributed by atoms with Crippen LogP contribution in [0.25, 0.3) is 0 Å². The Bertz CT molecular complexity index is 584. The van der Waals surface area contributed by atoms with Crippen LogP contribution in [-0.2, 0) is 6.54 Å². The molecular formula is C17H25N3. The van der Waals surface area contributed by atoms with Crippen LogP contribution in [-0.4, -0.2) is 16.3 Å². The van der Waals surface area contributed by atoms with Crippen LogP contribution in [0.1, 0.15) is 41.0 Å². The van der Waals surface area contributed by atoms with Crippen molar-refractivity contribution in [1.82, 2.24) is 15.1 Å². The van der Waals surface area contributed by atoms with Crippen molar-refractivity contribution >= 4 is 0 Å². The zero-order chi connectivity index (χ0) is 14.7. The quantitative estimate of drug-likeness (QED) is 0.902. The van der Waals surface area contributed by atoms with Crippen LogP contribution in [0.2, 0.25) is 0 Å². The summed E-state index contributed by atoms with van der Waals surface area (Å²) in [6.07, 6.45) is 0. The minimum absolute atomic E-state index is 0.303. The number of aromatic nitrogens is 2. The van der Waals surface area contributed by atoms with Crippen molar-refractivity contribution in [2.24, 2.45) is 0 Å². The van der Waals surface area contributed by atoms with E-state index in [0.717, 1.165) is 18.8 Å². The molecule has 1 aromatic heterocycles. The van der Waals surface area contributed by atoms with E-state index in [-0.39, 0.29) is 0 Å². The van der Waals surface area contributed by atoms with Gasteiger partial charge in [0, 0.05) is 5.69 Å². The Morgan fingerprint density at radius 2 is 1.85 bits per heavy atom. The van der Waals surface area contributed by atoms with Crippen LogP contribution in [0.5, 0.6) is 0 Å². The Morgan fingerprint density at radius 1 is 1.10 bits per heavy atom.